The molecular weight excluding hydrogens is 518 g/mol. The number of ether oxygens (including phenoxy) is 1. The minimum absolute atomic E-state index is 0.115. The molecule has 1 fully saturated rings. The Hall–Kier alpha value is -3.52. The van der Waals surface area contributed by atoms with Crippen LogP contribution in [0.4, 0.5) is 11.4 Å². The van der Waals surface area contributed by atoms with Crippen LogP contribution in [0, 0.1) is 0 Å². The van der Waals surface area contributed by atoms with Gasteiger partial charge in [0.15, 0.2) is 5.65 Å². The number of pyridine rings is 1. The second-order valence-corrected chi connectivity index (χ2v) is 9.69. The van der Waals surface area contributed by atoms with E-state index in [2.05, 4.69) is 72.4 Å². The number of anilines is 2. The second kappa shape index (κ2) is 10.6. The van der Waals surface area contributed by atoms with Crippen molar-refractivity contribution in [3.05, 3.63) is 88.3 Å². The van der Waals surface area contributed by atoms with E-state index in [0.717, 1.165) is 53.3 Å². The van der Waals surface area contributed by atoms with E-state index in [1.54, 1.807) is 7.11 Å². The summed E-state index contributed by atoms with van der Waals surface area (Å²) < 4.78 is 7.99. The van der Waals surface area contributed by atoms with Crippen LogP contribution in [0.2, 0.25) is 0 Å². The summed E-state index contributed by atoms with van der Waals surface area (Å²) in [5.74, 6) is 0.766. The van der Waals surface area contributed by atoms with Crippen LogP contribution < -0.4 is 19.9 Å². The van der Waals surface area contributed by atoms with Crippen LogP contribution in [0.15, 0.2) is 71.3 Å². The van der Waals surface area contributed by atoms with Crippen molar-refractivity contribution >= 4 is 38.9 Å². The van der Waals surface area contributed by atoms with Crippen LogP contribution in [-0.2, 0) is 13.0 Å². The molecule has 1 amide bonds. The third-order valence-corrected chi connectivity index (χ3v) is 7.32. The van der Waals surface area contributed by atoms with Crippen LogP contribution in [0.5, 0.6) is 5.75 Å². The summed E-state index contributed by atoms with van der Waals surface area (Å²) in [7, 11) is 1.69. The predicted molar refractivity (Wildman–Crippen MR) is 147 cm³/mol. The molecule has 36 heavy (non-hydrogen) atoms. The first-order chi connectivity index (χ1) is 17.6. The number of rotatable bonds is 7. The van der Waals surface area contributed by atoms with Gasteiger partial charge in [-0.2, -0.15) is 0 Å². The maximum Gasteiger partial charge on any atom is 0.270 e. The van der Waals surface area contributed by atoms with Gasteiger partial charge in [-0.1, -0.05) is 19.1 Å². The number of hydrogen-bond donors (Lipinski definition) is 1. The number of amides is 1. The Bertz CT molecular complexity index is 1340. The van der Waals surface area contributed by atoms with Gasteiger partial charge in [-0.15, -0.1) is 0 Å². The fourth-order valence-corrected chi connectivity index (χ4v) is 5.11. The van der Waals surface area contributed by atoms with Gasteiger partial charge in [0.2, 0.25) is 0 Å². The summed E-state index contributed by atoms with van der Waals surface area (Å²) in [6.07, 6.45) is 2.57. The summed E-state index contributed by atoms with van der Waals surface area (Å²) in [4.78, 5) is 22.5. The molecule has 0 atom stereocenters. The van der Waals surface area contributed by atoms with Crippen LogP contribution in [0.3, 0.4) is 0 Å². The second-order valence-electron chi connectivity index (χ2n) is 8.83. The number of nitrogens with zero attached hydrogens (tertiary/aromatic N) is 4. The molecule has 1 saturated heterocycles. The highest BCUT2D eigenvalue weighted by Crippen LogP contribution is 2.24. The summed E-state index contributed by atoms with van der Waals surface area (Å²) >= 11 is 3.53. The summed E-state index contributed by atoms with van der Waals surface area (Å²) in [5, 5.41) is 3.07. The van der Waals surface area contributed by atoms with E-state index in [1.807, 2.05) is 41.8 Å². The molecule has 186 valence electrons. The number of carbonyl (C=O) groups excluding carboxylic acids is 1. The van der Waals surface area contributed by atoms with Crippen LogP contribution in [-0.4, -0.2) is 48.6 Å². The van der Waals surface area contributed by atoms with Gasteiger partial charge in [-0.05, 0) is 76.4 Å². The molecule has 0 bridgehead atoms. The Morgan fingerprint density at radius 3 is 2.17 bits per heavy atom. The lowest BCUT2D eigenvalue weighted by Crippen LogP contribution is -2.46. The zero-order chi connectivity index (χ0) is 25.1. The van der Waals surface area contributed by atoms with E-state index in [-0.39, 0.29) is 5.91 Å². The number of hydrogen-bond acceptors (Lipinski definition) is 5. The first-order valence-corrected chi connectivity index (χ1v) is 13.0. The summed E-state index contributed by atoms with van der Waals surface area (Å²) in [5.41, 5.74) is 5.65. The molecule has 5 rings (SSSR count). The minimum atomic E-state index is -0.115. The van der Waals surface area contributed by atoms with E-state index < -0.39 is 0 Å². The number of methoxy groups -OCH3 is 1. The van der Waals surface area contributed by atoms with Gasteiger partial charge in [0.25, 0.3) is 5.91 Å². The molecule has 8 heteroatoms. The third kappa shape index (κ3) is 4.91. The molecule has 0 unspecified atom stereocenters. The number of fused-ring (bicyclic) bond motifs is 1. The third-order valence-electron chi connectivity index (χ3n) is 6.70. The number of nitrogens with one attached hydrogen (secondary N) is 1. The lowest BCUT2D eigenvalue weighted by Gasteiger charge is -2.37. The lowest BCUT2D eigenvalue weighted by atomic mass is 10.1. The SMILES string of the molecule is CCc1nc2c(Br)cccn2c1C(=O)NCc1ccc(N2CCN(c3ccc(OC)cc3)CC2)cc1. The van der Waals surface area contributed by atoms with E-state index >= 15 is 0 Å². The fraction of sp³-hybridized carbons (Fsp3) is 0.286. The van der Waals surface area contributed by atoms with Gasteiger partial charge in [-0.3, -0.25) is 9.20 Å². The Morgan fingerprint density at radius 1 is 0.972 bits per heavy atom. The maximum absolute atomic E-state index is 13.1. The predicted octanol–water partition coefficient (Wildman–Crippen LogP) is 4.92. The molecule has 2 aromatic heterocycles. The minimum Gasteiger partial charge on any atom is -0.497 e. The molecule has 0 radical (unpaired) electrons. The van der Waals surface area contributed by atoms with Crippen molar-refractivity contribution in [2.75, 3.05) is 43.1 Å². The number of carbonyl (C=O) groups is 1. The van der Waals surface area contributed by atoms with Gasteiger partial charge in [0.1, 0.15) is 11.4 Å². The maximum atomic E-state index is 13.1. The first-order valence-electron chi connectivity index (χ1n) is 12.2. The Balaban J connectivity index is 1.19. The van der Waals surface area contributed by atoms with Crippen molar-refractivity contribution in [2.45, 2.75) is 19.9 Å². The molecule has 1 aliphatic heterocycles. The van der Waals surface area contributed by atoms with E-state index in [9.17, 15) is 4.79 Å². The topological polar surface area (TPSA) is 62.1 Å². The summed E-state index contributed by atoms with van der Waals surface area (Å²) in [6, 6.07) is 20.6. The van der Waals surface area contributed by atoms with Crippen molar-refractivity contribution in [3.63, 3.8) is 0 Å². The number of imidazole rings is 1. The Kier molecular flexibility index (Phi) is 7.13. The van der Waals surface area contributed by atoms with Crippen molar-refractivity contribution in [1.29, 1.82) is 0 Å². The van der Waals surface area contributed by atoms with Crippen molar-refractivity contribution in [3.8, 4) is 5.75 Å². The molecule has 7 nitrogen and oxygen atoms in total. The standard InChI is InChI=1S/C28H30BrN5O2/c1-3-25-26(34-14-4-5-24(29)27(34)31-25)28(35)30-19-20-6-8-21(9-7-20)32-15-17-33(18-16-32)22-10-12-23(36-2)13-11-22/h4-14H,3,15-19H2,1-2H3,(H,30,35). The summed E-state index contributed by atoms with van der Waals surface area (Å²) in [6.45, 7) is 6.35. The smallest absolute Gasteiger partial charge is 0.270 e. The number of benzene rings is 2. The molecular formula is C28H30BrN5O2. The molecule has 0 aliphatic carbocycles. The largest absolute Gasteiger partial charge is 0.497 e. The number of halogens is 1. The molecule has 0 spiro atoms. The molecule has 0 saturated carbocycles. The zero-order valence-corrected chi connectivity index (χ0v) is 22.2. The van der Waals surface area contributed by atoms with E-state index in [1.165, 1.54) is 11.4 Å². The van der Waals surface area contributed by atoms with Crippen LogP contribution >= 0.6 is 15.9 Å². The first kappa shape index (κ1) is 24.2. The Morgan fingerprint density at radius 2 is 1.58 bits per heavy atom. The lowest BCUT2D eigenvalue weighted by molar-refractivity contribution is 0.0944. The average Bonchev–Trinajstić information content (AvgIpc) is 3.32. The highest BCUT2D eigenvalue weighted by Gasteiger charge is 2.20. The zero-order valence-electron chi connectivity index (χ0n) is 20.6. The molecule has 3 heterocycles. The van der Waals surface area contributed by atoms with Gasteiger partial charge in [0, 0.05) is 50.3 Å². The van der Waals surface area contributed by atoms with Gasteiger partial charge >= 0.3 is 0 Å². The van der Waals surface area contributed by atoms with Gasteiger partial charge < -0.3 is 19.9 Å². The van der Waals surface area contributed by atoms with Crippen LogP contribution in [0.1, 0.15) is 28.7 Å². The van der Waals surface area contributed by atoms with Gasteiger partial charge in [0.05, 0.1) is 17.3 Å². The van der Waals surface area contributed by atoms with Crippen molar-refractivity contribution < 1.29 is 9.53 Å². The van der Waals surface area contributed by atoms with Crippen molar-refractivity contribution in [1.82, 2.24) is 14.7 Å². The Labute approximate surface area is 219 Å². The van der Waals surface area contributed by atoms with Crippen molar-refractivity contribution in [2.24, 2.45) is 0 Å². The number of aromatic nitrogens is 2. The average molecular weight is 548 g/mol. The van der Waals surface area contributed by atoms with Gasteiger partial charge in [-0.25, -0.2) is 4.98 Å². The fourth-order valence-electron chi connectivity index (χ4n) is 4.67. The van der Waals surface area contributed by atoms with Crippen LogP contribution in [0.25, 0.3) is 5.65 Å². The van der Waals surface area contributed by atoms with E-state index in [0.29, 0.717) is 18.7 Å². The highest BCUT2D eigenvalue weighted by molar-refractivity contribution is 9.10. The molecule has 4 aromatic rings. The number of aryl methyl sites for hydroxylation is 1. The highest BCUT2D eigenvalue weighted by atomic mass is 79.9. The molecule has 1 N–H and O–H groups in total. The molecule has 2 aromatic carbocycles. The quantitative estimate of drug-likeness (QED) is 0.355. The van der Waals surface area contributed by atoms with E-state index in [4.69, 9.17) is 4.74 Å². The molecule has 1 aliphatic rings. The monoisotopic (exact) mass is 547 g/mol. The normalized spacial score (nSPS) is 13.8. The number of piperazine rings is 1.